The number of halogens is 2. The van der Waals surface area contributed by atoms with E-state index in [1.165, 1.54) is 23.0 Å². The summed E-state index contributed by atoms with van der Waals surface area (Å²) < 4.78 is 25.5. The van der Waals surface area contributed by atoms with Gasteiger partial charge < -0.3 is 10.4 Å². The van der Waals surface area contributed by atoms with Crippen molar-refractivity contribution in [1.82, 2.24) is 14.5 Å². The molecule has 0 aliphatic heterocycles. The minimum atomic E-state index is -3.51. The zero-order valence-corrected chi connectivity index (χ0v) is 19.8. The molecule has 9 nitrogen and oxygen atoms in total. The molecule has 34 heavy (non-hydrogen) atoms. The van der Waals surface area contributed by atoms with Crippen molar-refractivity contribution in [3.63, 3.8) is 0 Å². The van der Waals surface area contributed by atoms with Gasteiger partial charge in [-0.1, -0.05) is 47.5 Å². The van der Waals surface area contributed by atoms with Crippen LogP contribution in [0.4, 0.5) is 5.69 Å². The Morgan fingerprint density at radius 2 is 1.88 bits per heavy atom. The van der Waals surface area contributed by atoms with Crippen molar-refractivity contribution in [2.45, 2.75) is 11.4 Å². The number of nitrogens with zero attached hydrogens (tertiary/aromatic N) is 3. The predicted molar refractivity (Wildman–Crippen MR) is 129 cm³/mol. The van der Waals surface area contributed by atoms with Crippen molar-refractivity contribution < 1.29 is 18.3 Å². The maximum absolute atomic E-state index is 13.3. The van der Waals surface area contributed by atoms with Gasteiger partial charge >= 0.3 is 0 Å². The van der Waals surface area contributed by atoms with Crippen LogP contribution in [-0.4, -0.2) is 40.2 Å². The molecule has 0 spiro atoms. The maximum atomic E-state index is 13.3. The lowest BCUT2D eigenvalue weighted by atomic mass is 10.2. The van der Waals surface area contributed by atoms with Crippen LogP contribution in [0.3, 0.4) is 0 Å². The van der Waals surface area contributed by atoms with Crippen molar-refractivity contribution in [3.05, 3.63) is 86.6 Å². The Bertz CT molecular complexity index is 1600. The number of hydrogen-bond acceptors (Lipinski definition) is 7. The van der Waals surface area contributed by atoms with E-state index in [1.54, 1.807) is 30.3 Å². The highest BCUT2D eigenvalue weighted by atomic mass is 35.5. The van der Waals surface area contributed by atoms with Crippen molar-refractivity contribution in [1.29, 1.82) is 0 Å². The molecule has 2 aromatic carbocycles. The first kappa shape index (κ1) is 23.7. The van der Waals surface area contributed by atoms with E-state index in [-0.39, 0.29) is 38.4 Å². The highest BCUT2D eigenvalue weighted by molar-refractivity contribution is 7.90. The Hall–Kier alpha value is -3.47. The molecule has 2 heterocycles. The number of pyridine rings is 1. The second-order valence-corrected chi connectivity index (χ2v) is 10.1. The molecule has 0 fully saturated rings. The minimum Gasteiger partial charge on any atom is -0.504 e. The van der Waals surface area contributed by atoms with Crippen LogP contribution in [-0.2, 0) is 16.4 Å². The molecule has 0 radical (unpaired) electrons. The van der Waals surface area contributed by atoms with E-state index in [0.717, 1.165) is 12.3 Å². The Labute approximate surface area is 203 Å². The molecule has 0 unspecified atom stereocenters. The molecule has 0 bridgehead atoms. The number of aromatic hydroxyl groups is 1. The Morgan fingerprint density at radius 1 is 1.15 bits per heavy atom. The third-order valence-corrected chi connectivity index (χ3v) is 6.70. The molecule has 12 heteroatoms. The number of fused-ring (bicyclic) bond motifs is 1. The SMILES string of the molecule is CS(=O)(=O)c1ccccc1Cn1cnc2cccc(NC(=O)c3cc(Cl)c(O)c(Cl)n3)c2c1=O. The predicted octanol–water partition coefficient (Wildman–Crippen LogP) is 3.51. The smallest absolute Gasteiger partial charge is 0.274 e. The van der Waals surface area contributed by atoms with Crippen LogP contribution in [0.5, 0.6) is 5.75 Å². The summed E-state index contributed by atoms with van der Waals surface area (Å²) in [5, 5.41) is 11.9. The topological polar surface area (TPSA) is 131 Å². The number of rotatable bonds is 5. The Morgan fingerprint density at radius 3 is 2.59 bits per heavy atom. The standard InChI is InChI=1S/C22H16Cl2N4O5S/c1-34(32,33)17-8-3-2-5-12(17)10-28-11-25-14-6-4-7-15(18(14)22(28)31)27-21(30)16-9-13(23)19(29)20(24)26-16/h2-9,11,29H,10H2,1H3,(H,27,30). The largest absolute Gasteiger partial charge is 0.504 e. The van der Waals surface area contributed by atoms with E-state index in [1.807, 2.05) is 0 Å². The first-order valence-corrected chi connectivity index (χ1v) is 12.3. The highest BCUT2D eigenvalue weighted by Gasteiger charge is 2.18. The first-order chi connectivity index (χ1) is 16.1. The summed E-state index contributed by atoms with van der Waals surface area (Å²) in [6, 6.07) is 12.2. The van der Waals surface area contributed by atoms with E-state index < -0.39 is 27.1 Å². The van der Waals surface area contributed by atoms with E-state index in [4.69, 9.17) is 23.2 Å². The molecule has 1 amide bonds. The van der Waals surface area contributed by atoms with Gasteiger partial charge in [-0.25, -0.2) is 18.4 Å². The average Bonchev–Trinajstić information content (AvgIpc) is 2.78. The second kappa shape index (κ2) is 9.05. The van der Waals surface area contributed by atoms with Gasteiger partial charge in [0.15, 0.2) is 20.7 Å². The summed E-state index contributed by atoms with van der Waals surface area (Å²) in [5.74, 6) is -1.17. The molecule has 0 aliphatic rings. The van der Waals surface area contributed by atoms with Gasteiger partial charge in [-0.3, -0.25) is 14.2 Å². The van der Waals surface area contributed by atoms with E-state index in [0.29, 0.717) is 11.1 Å². The fourth-order valence-corrected chi connectivity index (χ4v) is 4.75. The number of carbonyl (C=O) groups is 1. The van der Waals surface area contributed by atoms with Crippen molar-refractivity contribution >= 4 is 55.5 Å². The van der Waals surface area contributed by atoms with E-state index in [2.05, 4.69) is 15.3 Å². The summed E-state index contributed by atoms with van der Waals surface area (Å²) in [6.07, 6.45) is 2.41. The molecule has 0 aliphatic carbocycles. The summed E-state index contributed by atoms with van der Waals surface area (Å²) in [5.41, 5.74) is 0.250. The molecule has 4 aromatic rings. The van der Waals surface area contributed by atoms with E-state index in [9.17, 15) is 23.1 Å². The fourth-order valence-electron chi connectivity index (χ4n) is 3.38. The van der Waals surface area contributed by atoms with Crippen LogP contribution in [0.2, 0.25) is 10.2 Å². The number of sulfone groups is 1. The Balaban J connectivity index is 1.76. The van der Waals surface area contributed by atoms with Crippen LogP contribution in [0.15, 0.2) is 64.5 Å². The first-order valence-electron chi connectivity index (χ1n) is 9.68. The molecular formula is C22H16Cl2N4O5S. The zero-order chi connectivity index (χ0) is 24.6. The number of hydrogen-bond donors (Lipinski definition) is 2. The van der Waals surface area contributed by atoms with Gasteiger partial charge in [0.25, 0.3) is 11.5 Å². The van der Waals surface area contributed by atoms with Gasteiger partial charge in [0.1, 0.15) is 5.69 Å². The molecule has 4 rings (SSSR count). The van der Waals surface area contributed by atoms with Crippen LogP contribution >= 0.6 is 23.2 Å². The lowest BCUT2D eigenvalue weighted by molar-refractivity contribution is 0.102. The number of carbonyl (C=O) groups excluding carboxylic acids is 1. The lowest BCUT2D eigenvalue weighted by Gasteiger charge is -2.12. The van der Waals surface area contributed by atoms with Crippen molar-refractivity contribution in [3.8, 4) is 5.75 Å². The van der Waals surface area contributed by atoms with Crippen LogP contribution in [0.25, 0.3) is 10.9 Å². The zero-order valence-electron chi connectivity index (χ0n) is 17.5. The van der Waals surface area contributed by atoms with Gasteiger partial charge in [0.2, 0.25) is 0 Å². The molecule has 2 aromatic heterocycles. The van der Waals surface area contributed by atoms with Crippen molar-refractivity contribution in [2.75, 3.05) is 11.6 Å². The summed E-state index contributed by atoms with van der Waals surface area (Å²) >= 11 is 11.7. The summed E-state index contributed by atoms with van der Waals surface area (Å²) in [4.78, 5) is 34.3. The Kier molecular flexibility index (Phi) is 6.30. The normalized spacial score (nSPS) is 11.5. The maximum Gasteiger partial charge on any atom is 0.274 e. The number of benzene rings is 2. The molecule has 0 saturated carbocycles. The van der Waals surface area contributed by atoms with Gasteiger partial charge in [-0.15, -0.1) is 0 Å². The van der Waals surface area contributed by atoms with Gasteiger partial charge in [-0.2, -0.15) is 0 Å². The number of nitrogens with one attached hydrogen (secondary N) is 1. The van der Waals surface area contributed by atoms with Crippen LogP contribution in [0, 0.1) is 0 Å². The van der Waals surface area contributed by atoms with Crippen molar-refractivity contribution in [2.24, 2.45) is 0 Å². The van der Waals surface area contributed by atoms with Gasteiger partial charge in [0.05, 0.1) is 39.4 Å². The quantitative estimate of drug-likeness (QED) is 0.386. The fraction of sp³-hybridized carbons (Fsp3) is 0.0909. The summed E-state index contributed by atoms with van der Waals surface area (Å²) in [7, 11) is -3.51. The third kappa shape index (κ3) is 4.60. The average molecular weight is 519 g/mol. The summed E-state index contributed by atoms with van der Waals surface area (Å²) in [6.45, 7) is -0.0436. The molecule has 174 valence electrons. The van der Waals surface area contributed by atoms with Crippen LogP contribution < -0.4 is 10.9 Å². The minimum absolute atomic E-state index is 0.0436. The molecular weight excluding hydrogens is 503 g/mol. The van der Waals surface area contributed by atoms with Gasteiger partial charge in [-0.05, 0) is 29.8 Å². The van der Waals surface area contributed by atoms with Crippen LogP contribution in [0.1, 0.15) is 16.1 Å². The molecule has 0 saturated heterocycles. The number of anilines is 1. The van der Waals surface area contributed by atoms with Gasteiger partial charge in [0, 0.05) is 6.26 Å². The number of aromatic nitrogens is 3. The third-order valence-electron chi connectivity index (χ3n) is 4.95. The molecule has 0 atom stereocenters. The van der Waals surface area contributed by atoms with E-state index >= 15 is 0 Å². The molecule has 2 N–H and O–H groups in total. The number of amides is 1. The second-order valence-electron chi connectivity index (χ2n) is 7.34. The highest BCUT2D eigenvalue weighted by Crippen LogP contribution is 2.30. The lowest BCUT2D eigenvalue weighted by Crippen LogP contribution is -2.24. The monoisotopic (exact) mass is 518 g/mol.